The highest BCUT2D eigenvalue weighted by molar-refractivity contribution is 4.89. The van der Waals surface area contributed by atoms with Gasteiger partial charge >= 0.3 is 0 Å². The minimum absolute atomic E-state index is 0.253. The number of hydrogen-bond acceptors (Lipinski definition) is 2. The van der Waals surface area contributed by atoms with Crippen molar-refractivity contribution in [1.82, 2.24) is 4.90 Å². The lowest BCUT2D eigenvalue weighted by molar-refractivity contribution is 0.0812. The Kier molecular flexibility index (Phi) is 7.25. The maximum absolute atomic E-state index is 6.07. The van der Waals surface area contributed by atoms with Crippen molar-refractivity contribution < 1.29 is 0 Å². The van der Waals surface area contributed by atoms with Crippen molar-refractivity contribution in [3.05, 3.63) is 0 Å². The monoisotopic (exact) mass is 254 g/mol. The molecule has 0 heterocycles. The van der Waals surface area contributed by atoms with Gasteiger partial charge in [0, 0.05) is 12.1 Å². The topological polar surface area (TPSA) is 29.3 Å². The van der Waals surface area contributed by atoms with Crippen LogP contribution >= 0.6 is 0 Å². The predicted molar refractivity (Wildman–Crippen MR) is 80.8 cm³/mol. The van der Waals surface area contributed by atoms with Crippen LogP contribution in [0.15, 0.2) is 0 Å². The van der Waals surface area contributed by atoms with Gasteiger partial charge in [-0.15, -0.1) is 0 Å². The second-order valence-electron chi connectivity index (χ2n) is 6.01. The number of hydrogen-bond donors (Lipinski definition) is 1. The zero-order valence-corrected chi connectivity index (χ0v) is 12.9. The van der Waals surface area contributed by atoms with E-state index in [4.69, 9.17) is 5.73 Å². The molecule has 0 amide bonds. The fourth-order valence-electron chi connectivity index (χ4n) is 3.66. The van der Waals surface area contributed by atoms with Crippen LogP contribution in [0, 0.1) is 5.92 Å². The van der Waals surface area contributed by atoms with Crippen LogP contribution in [-0.4, -0.2) is 30.1 Å². The molecule has 1 saturated carbocycles. The van der Waals surface area contributed by atoms with E-state index in [9.17, 15) is 0 Å². The van der Waals surface area contributed by atoms with E-state index in [-0.39, 0.29) is 5.54 Å². The van der Waals surface area contributed by atoms with Gasteiger partial charge in [-0.1, -0.05) is 52.9 Å². The van der Waals surface area contributed by atoms with Gasteiger partial charge in [-0.2, -0.15) is 0 Å². The summed E-state index contributed by atoms with van der Waals surface area (Å²) < 4.78 is 0. The van der Waals surface area contributed by atoms with Crippen molar-refractivity contribution in [1.29, 1.82) is 0 Å². The van der Waals surface area contributed by atoms with Gasteiger partial charge in [0.05, 0.1) is 0 Å². The van der Waals surface area contributed by atoms with E-state index in [0.717, 1.165) is 19.0 Å². The molecule has 1 fully saturated rings. The zero-order chi connectivity index (χ0) is 13.4. The maximum atomic E-state index is 6.07. The summed E-state index contributed by atoms with van der Waals surface area (Å²) in [6.45, 7) is 10.1. The molecule has 0 bridgehead atoms. The molecule has 2 N–H and O–H groups in total. The summed E-state index contributed by atoms with van der Waals surface area (Å²) >= 11 is 0. The van der Waals surface area contributed by atoms with Gasteiger partial charge < -0.3 is 5.73 Å². The van der Waals surface area contributed by atoms with Crippen molar-refractivity contribution in [3.63, 3.8) is 0 Å². The molecular weight excluding hydrogens is 220 g/mol. The molecular formula is C16H34N2. The fourth-order valence-corrected chi connectivity index (χ4v) is 3.66. The third-order valence-corrected chi connectivity index (χ3v) is 5.28. The highest BCUT2D eigenvalue weighted by Gasteiger charge is 2.31. The Bertz CT molecular complexity index is 197. The average Bonchev–Trinajstić information content (AvgIpc) is 2.45. The summed E-state index contributed by atoms with van der Waals surface area (Å²) in [5, 5.41) is 0. The average molecular weight is 254 g/mol. The molecule has 0 saturated heterocycles. The van der Waals surface area contributed by atoms with Gasteiger partial charge in [0.25, 0.3) is 0 Å². The minimum atomic E-state index is 0.253. The van der Waals surface area contributed by atoms with Crippen LogP contribution in [0.1, 0.15) is 72.1 Å². The van der Waals surface area contributed by atoms with E-state index >= 15 is 0 Å². The lowest BCUT2D eigenvalue weighted by Crippen LogP contribution is -2.53. The lowest BCUT2D eigenvalue weighted by Gasteiger charge is -2.43. The summed E-state index contributed by atoms with van der Waals surface area (Å²) in [5.41, 5.74) is 6.33. The Morgan fingerprint density at radius 3 is 2.11 bits per heavy atom. The standard InChI is InChI=1S/C16H34N2/c1-4-16(5-2,14-17)18(6-3)13-12-15-10-8-7-9-11-15/h15H,4-14,17H2,1-3H3. The van der Waals surface area contributed by atoms with Gasteiger partial charge in [0.15, 0.2) is 0 Å². The van der Waals surface area contributed by atoms with Crippen LogP contribution in [0.2, 0.25) is 0 Å². The van der Waals surface area contributed by atoms with Crippen LogP contribution in [0.5, 0.6) is 0 Å². The Morgan fingerprint density at radius 1 is 1.06 bits per heavy atom. The lowest BCUT2D eigenvalue weighted by atomic mass is 9.85. The fraction of sp³-hybridized carbons (Fsp3) is 1.00. The molecule has 0 atom stereocenters. The summed E-state index contributed by atoms with van der Waals surface area (Å²) in [7, 11) is 0. The van der Waals surface area contributed by atoms with Crippen molar-refractivity contribution in [2.45, 2.75) is 77.7 Å². The first-order valence-corrected chi connectivity index (χ1v) is 8.17. The molecule has 2 heteroatoms. The number of rotatable bonds is 8. The molecule has 108 valence electrons. The Morgan fingerprint density at radius 2 is 1.67 bits per heavy atom. The largest absolute Gasteiger partial charge is 0.329 e. The second-order valence-corrected chi connectivity index (χ2v) is 6.01. The van der Waals surface area contributed by atoms with Crippen LogP contribution in [0.25, 0.3) is 0 Å². The molecule has 1 aliphatic carbocycles. The van der Waals surface area contributed by atoms with E-state index in [0.29, 0.717) is 0 Å². The number of nitrogens with zero attached hydrogens (tertiary/aromatic N) is 1. The summed E-state index contributed by atoms with van der Waals surface area (Å²) in [5.74, 6) is 0.983. The minimum Gasteiger partial charge on any atom is -0.329 e. The molecule has 1 aliphatic rings. The zero-order valence-electron chi connectivity index (χ0n) is 12.9. The van der Waals surface area contributed by atoms with Gasteiger partial charge in [-0.25, -0.2) is 0 Å². The molecule has 1 rings (SSSR count). The maximum Gasteiger partial charge on any atom is 0.0326 e. The van der Waals surface area contributed by atoms with Gasteiger partial charge in [0.2, 0.25) is 0 Å². The Hall–Kier alpha value is -0.0800. The predicted octanol–water partition coefficient (Wildman–Crippen LogP) is 3.80. The molecule has 0 spiro atoms. The normalized spacial score (nSPS) is 18.5. The van der Waals surface area contributed by atoms with Crippen molar-refractivity contribution in [3.8, 4) is 0 Å². The van der Waals surface area contributed by atoms with Crippen LogP contribution < -0.4 is 5.73 Å². The molecule has 0 aromatic rings. The summed E-state index contributed by atoms with van der Waals surface area (Å²) in [6.07, 6.45) is 11.1. The van der Waals surface area contributed by atoms with Gasteiger partial charge in [-0.3, -0.25) is 4.90 Å². The van der Waals surface area contributed by atoms with Crippen LogP contribution in [-0.2, 0) is 0 Å². The molecule has 0 aliphatic heterocycles. The number of likely N-dealkylation sites (N-methyl/N-ethyl adjacent to an activating group) is 1. The quantitative estimate of drug-likeness (QED) is 0.714. The molecule has 2 nitrogen and oxygen atoms in total. The first-order valence-electron chi connectivity index (χ1n) is 8.17. The summed E-state index contributed by atoms with van der Waals surface area (Å²) in [4.78, 5) is 2.65. The van der Waals surface area contributed by atoms with E-state index in [2.05, 4.69) is 25.7 Å². The molecule has 0 unspecified atom stereocenters. The first-order chi connectivity index (χ1) is 8.72. The highest BCUT2D eigenvalue weighted by atomic mass is 15.2. The van der Waals surface area contributed by atoms with Crippen LogP contribution in [0.3, 0.4) is 0 Å². The van der Waals surface area contributed by atoms with E-state index in [1.807, 2.05) is 0 Å². The third-order valence-electron chi connectivity index (χ3n) is 5.28. The SMILES string of the molecule is CCN(CCC1CCCCC1)C(CC)(CC)CN. The van der Waals surface area contributed by atoms with Crippen molar-refractivity contribution in [2.24, 2.45) is 11.7 Å². The third kappa shape index (κ3) is 3.96. The first kappa shape index (κ1) is 16.0. The second kappa shape index (κ2) is 8.16. The van der Waals surface area contributed by atoms with Crippen molar-refractivity contribution in [2.75, 3.05) is 19.6 Å². The number of nitrogens with two attached hydrogens (primary N) is 1. The van der Waals surface area contributed by atoms with E-state index < -0.39 is 0 Å². The van der Waals surface area contributed by atoms with E-state index in [1.165, 1.54) is 57.9 Å². The van der Waals surface area contributed by atoms with E-state index in [1.54, 1.807) is 0 Å². The highest BCUT2D eigenvalue weighted by Crippen LogP contribution is 2.29. The molecule has 0 aromatic carbocycles. The van der Waals surface area contributed by atoms with Gasteiger partial charge in [-0.05, 0) is 38.3 Å². The molecule has 0 radical (unpaired) electrons. The molecule has 18 heavy (non-hydrogen) atoms. The smallest absolute Gasteiger partial charge is 0.0326 e. The van der Waals surface area contributed by atoms with Crippen molar-refractivity contribution >= 4 is 0 Å². The summed E-state index contributed by atoms with van der Waals surface area (Å²) in [6, 6.07) is 0. The van der Waals surface area contributed by atoms with Crippen LogP contribution in [0.4, 0.5) is 0 Å². The Labute approximate surface area is 114 Å². The Balaban J connectivity index is 2.48. The van der Waals surface area contributed by atoms with Gasteiger partial charge in [0.1, 0.15) is 0 Å². The molecule has 0 aromatic heterocycles.